The summed E-state index contributed by atoms with van der Waals surface area (Å²) in [6, 6.07) is -0.253. The maximum Gasteiger partial charge on any atom is 0.308 e. The minimum Gasteiger partial charge on any atom is -0.481 e. The second-order valence-corrected chi connectivity index (χ2v) is 4.46. The van der Waals surface area contributed by atoms with Crippen LogP contribution >= 0.6 is 0 Å². The van der Waals surface area contributed by atoms with Gasteiger partial charge in [0.15, 0.2) is 11.6 Å². The Morgan fingerprint density at radius 1 is 1.56 bits per heavy atom. The fourth-order valence-electron chi connectivity index (χ4n) is 2.36. The van der Waals surface area contributed by atoms with Gasteiger partial charge in [-0.1, -0.05) is 13.3 Å². The minimum atomic E-state index is -0.838. The monoisotopic (exact) mass is 253 g/mol. The summed E-state index contributed by atoms with van der Waals surface area (Å²) >= 11 is 0. The van der Waals surface area contributed by atoms with Gasteiger partial charge in [0, 0.05) is 6.04 Å². The van der Waals surface area contributed by atoms with E-state index in [-0.39, 0.29) is 11.9 Å². The largest absolute Gasteiger partial charge is 0.481 e. The van der Waals surface area contributed by atoms with Crippen LogP contribution in [0.5, 0.6) is 0 Å². The van der Waals surface area contributed by atoms with Crippen LogP contribution < -0.4 is 5.32 Å². The van der Waals surface area contributed by atoms with Crippen molar-refractivity contribution in [2.75, 3.05) is 5.32 Å². The van der Waals surface area contributed by atoms with Gasteiger partial charge in [0.2, 0.25) is 0 Å². The zero-order valence-corrected chi connectivity index (χ0v) is 10.2. The number of rotatable bonds is 4. The predicted octanol–water partition coefficient (Wildman–Crippen LogP) is 1.84. The predicted molar refractivity (Wildman–Crippen MR) is 63.8 cm³/mol. The molecule has 6 heteroatoms. The van der Waals surface area contributed by atoms with Crippen LogP contribution in [0.3, 0.4) is 0 Å². The van der Waals surface area contributed by atoms with E-state index in [0.717, 1.165) is 12.8 Å². The van der Waals surface area contributed by atoms with E-state index in [9.17, 15) is 9.18 Å². The maximum atomic E-state index is 13.9. The van der Waals surface area contributed by atoms with Gasteiger partial charge in [-0.3, -0.25) is 4.79 Å². The average molecular weight is 253 g/mol. The van der Waals surface area contributed by atoms with Crippen molar-refractivity contribution in [1.82, 2.24) is 9.97 Å². The summed E-state index contributed by atoms with van der Waals surface area (Å²) in [6.07, 6.45) is 3.97. The molecule has 0 spiro atoms. The van der Waals surface area contributed by atoms with E-state index in [2.05, 4.69) is 15.3 Å². The lowest BCUT2D eigenvalue weighted by atomic mass is 10.0. The number of anilines is 1. The Balaban J connectivity index is 2.16. The summed E-state index contributed by atoms with van der Waals surface area (Å²) in [7, 11) is 0. The Bertz CT molecular complexity index is 453. The first-order valence-electron chi connectivity index (χ1n) is 6.12. The summed E-state index contributed by atoms with van der Waals surface area (Å²) in [5, 5.41) is 12.0. The van der Waals surface area contributed by atoms with Gasteiger partial charge in [-0.15, -0.1) is 0 Å². The highest BCUT2D eigenvalue weighted by atomic mass is 19.1. The van der Waals surface area contributed by atoms with Crippen LogP contribution in [0.1, 0.15) is 31.9 Å². The number of hydrogen-bond acceptors (Lipinski definition) is 4. The lowest BCUT2D eigenvalue weighted by Crippen LogP contribution is -2.30. The number of nitrogens with one attached hydrogen (secondary N) is 1. The highest BCUT2D eigenvalue weighted by molar-refractivity contribution is 5.72. The molecule has 1 heterocycles. The molecule has 0 aliphatic heterocycles. The summed E-state index contributed by atoms with van der Waals surface area (Å²) in [6.45, 7) is 1.81. The van der Waals surface area contributed by atoms with Crippen molar-refractivity contribution in [1.29, 1.82) is 0 Å². The molecule has 98 valence electrons. The first-order chi connectivity index (χ1) is 8.63. The fraction of sp³-hybridized carbons (Fsp3) is 0.583. The Labute approximate surface area is 104 Å². The number of aromatic nitrogens is 2. The third-order valence-electron chi connectivity index (χ3n) is 3.35. The molecule has 1 fully saturated rings. The summed E-state index contributed by atoms with van der Waals surface area (Å²) < 4.78 is 13.9. The molecule has 2 N–H and O–H groups in total. The molecule has 1 saturated carbocycles. The minimum absolute atomic E-state index is 0.111. The number of carbonyl (C=O) groups is 1. The Morgan fingerprint density at radius 3 is 3.00 bits per heavy atom. The normalized spacial score (nSPS) is 23.0. The van der Waals surface area contributed by atoms with E-state index in [1.54, 1.807) is 0 Å². The number of nitrogens with zero attached hydrogens (tertiary/aromatic N) is 2. The molecular formula is C12H16FN3O2. The third-order valence-corrected chi connectivity index (χ3v) is 3.35. The van der Waals surface area contributed by atoms with Crippen molar-refractivity contribution in [3.8, 4) is 0 Å². The van der Waals surface area contributed by atoms with Gasteiger partial charge in [-0.25, -0.2) is 14.4 Å². The molecule has 0 amide bonds. The van der Waals surface area contributed by atoms with Gasteiger partial charge in [0.05, 0.1) is 11.6 Å². The van der Waals surface area contributed by atoms with E-state index in [1.165, 1.54) is 6.33 Å². The zero-order chi connectivity index (χ0) is 13.1. The summed E-state index contributed by atoms with van der Waals surface area (Å²) in [5.74, 6) is -1.67. The molecule has 2 unspecified atom stereocenters. The topological polar surface area (TPSA) is 75.1 Å². The van der Waals surface area contributed by atoms with E-state index in [1.807, 2.05) is 6.92 Å². The second kappa shape index (κ2) is 5.29. The van der Waals surface area contributed by atoms with Crippen molar-refractivity contribution in [3.63, 3.8) is 0 Å². The summed E-state index contributed by atoms with van der Waals surface area (Å²) in [4.78, 5) is 18.7. The molecule has 0 saturated heterocycles. The van der Waals surface area contributed by atoms with Crippen LogP contribution in [0.4, 0.5) is 10.2 Å². The molecule has 2 rings (SSSR count). The van der Waals surface area contributed by atoms with Crippen LogP contribution in [0.2, 0.25) is 0 Å². The van der Waals surface area contributed by atoms with E-state index in [4.69, 9.17) is 5.11 Å². The third kappa shape index (κ3) is 2.42. The Morgan fingerprint density at radius 2 is 2.33 bits per heavy atom. The Hall–Kier alpha value is -1.72. The van der Waals surface area contributed by atoms with Crippen molar-refractivity contribution in [3.05, 3.63) is 17.8 Å². The Kier molecular flexibility index (Phi) is 3.74. The molecule has 0 radical (unpaired) electrons. The molecule has 18 heavy (non-hydrogen) atoms. The van der Waals surface area contributed by atoms with Gasteiger partial charge in [0.25, 0.3) is 0 Å². The number of aryl methyl sites for hydroxylation is 1. The average Bonchev–Trinajstić information content (AvgIpc) is 2.80. The number of carboxylic acid groups (broad SMARTS) is 1. The van der Waals surface area contributed by atoms with Crippen LogP contribution in [0, 0.1) is 11.7 Å². The van der Waals surface area contributed by atoms with Crippen molar-refractivity contribution in [2.24, 2.45) is 5.92 Å². The van der Waals surface area contributed by atoms with Crippen molar-refractivity contribution < 1.29 is 14.3 Å². The van der Waals surface area contributed by atoms with Gasteiger partial charge in [-0.05, 0) is 19.3 Å². The molecule has 1 aliphatic carbocycles. The molecule has 1 aliphatic rings. The van der Waals surface area contributed by atoms with Gasteiger partial charge in [0.1, 0.15) is 6.33 Å². The SMILES string of the molecule is CCc1ncnc(NC2CCCC2C(=O)O)c1F. The van der Waals surface area contributed by atoms with Crippen LogP contribution in [0.25, 0.3) is 0 Å². The molecule has 1 aromatic rings. The van der Waals surface area contributed by atoms with E-state index >= 15 is 0 Å². The smallest absolute Gasteiger partial charge is 0.308 e. The highest BCUT2D eigenvalue weighted by Crippen LogP contribution is 2.29. The molecule has 1 aromatic heterocycles. The standard InChI is InChI=1S/C12H16FN3O2/c1-2-8-10(13)11(15-6-14-8)16-9-5-3-4-7(9)12(17)18/h6-7,9H,2-5H2,1H3,(H,17,18)(H,14,15,16). The zero-order valence-electron chi connectivity index (χ0n) is 10.2. The fourth-order valence-corrected chi connectivity index (χ4v) is 2.36. The maximum absolute atomic E-state index is 13.9. The first kappa shape index (κ1) is 12.7. The quantitative estimate of drug-likeness (QED) is 0.856. The van der Waals surface area contributed by atoms with E-state index in [0.29, 0.717) is 18.5 Å². The second-order valence-electron chi connectivity index (χ2n) is 4.46. The molecule has 0 bridgehead atoms. The number of halogens is 1. The number of carboxylic acids is 1. The van der Waals surface area contributed by atoms with Gasteiger partial charge >= 0.3 is 5.97 Å². The van der Waals surface area contributed by atoms with Gasteiger partial charge in [-0.2, -0.15) is 0 Å². The van der Waals surface area contributed by atoms with Crippen LogP contribution in [0.15, 0.2) is 6.33 Å². The van der Waals surface area contributed by atoms with Crippen LogP contribution in [-0.2, 0) is 11.2 Å². The van der Waals surface area contributed by atoms with Gasteiger partial charge < -0.3 is 10.4 Å². The lowest BCUT2D eigenvalue weighted by Gasteiger charge is -2.18. The van der Waals surface area contributed by atoms with Crippen molar-refractivity contribution in [2.45, 2.75) is 38.6 Å². The van der Waals surface area contributed by atoms with E-state index < -0.39 is 17.7 Å². The van der Waals surface area contributed by atoms with Crippen molar-refractivity contribution >= 4 is 11.8 Å². The molecule has 2 atom stereocenters. The molecular weight excluding hydrogens is 237 g/mol. The molecule has 0 aromatic carbocycles. The lowest BCUT2D eigenvalue weighted by molar-refractivity contribution is -0.141. The first-order valence-corrected chi connectivity index (χ1v) is 6.12. The molecule has 5 nitrogen and oxygen atoms in total. The van der Waals surface area contributed by atoms with Crippen LogP contribution in [-0.4, -0.2) is 27.1 Å². The number of hydrogen-bond donors (Lipinski definition) is 2. The summed E-state index contributed by atoms with van der Waals surface area (Å²) in [5.41, 5.74) is 0.345. The number of aliphatic carboxylic acids is 1. The highest BCUT2D eigenvalue weighted by Gasteiger charge is 2.33.